The van der Waals surface area contributed by atoms with Crippen LogP contribution in [-0.2, 0) is 9.59 Å². The van der Waals surface area contributed by atoms with Crippen molar-refractivity contribution in [2.75, 3.05) is 38.0 Å². The first kappa shape index (κ1) is 20.9. The van der Waals surface area contributed by atoms with Gasteiger partial charge in [0.2, 0.25) is 11.8 Å². The summed E-state index contributed by atoms with van der Waals surface area (Å²) in [6.07, 6.45) is 0. The van der Waals surface area contributed by atoms with Crippen molar-refractivity contribution in [2.24, 2.45) is 5.41 Å². The molecule has 1 aliphatic rings. The Labute approximate surface area is 161 Å². The SMILES string of the molecule is Cc1ccc(NC(=O)NC(=O)CN2CCN(C(=O)C(C)(C)C)CC2)c(C)c1. The van der Waals surface area contributed by atoms with Gasteiger partial charge in [-0.2, -0.15) is 0 Å². The van der Waals surface area contributed by atoms with Crippen LogP contribution in [0.25, 0.3) is 0 Å². The van der Waals surface area contributed by atoms with Crippen LogP contribution in [0.4, 0.5) is 10.5 Å². The highest BCUT2D eigenvalue weighted by atomic mass is 16.2. The van der Waals surface area contributed by atoms with Gasteiger partial charge in [-0.15, -0.1) is 0 Å². The summed E-state index contributed by atoms with van der Waals surface area (Å²) in [7, 11) is 0. The van der Waals surface area contributed by atoms with E-state index < -0.39 is 11.4 Å². The number of nitrogens with zero attached hydrogens (tertiary/aromatic N) is 2. The first-order valence-electron chi connectivity index (χ1n) is 9.26. The Bertz CT molecular complexity index is 716. The van der Waals surface area contributed by atoms with Crippen LogP contribution in [0.2, 0.25) is 0 Å². The molecule has 2 rings (SSSR count). The molecule has 27 heavy (non-hydrogen) atoms. The van der Waals surface area contributed by atoms with Gasteiger partial charge < -0.3 is 10.2 Å². The van der Waals surface area contributed by atoms with Crippen LogP contribution in [0.15, 0.2) is 18.2 Å². The molecule has 0 unspecified atom stereocenters. The second kappa shape index (κ2) is 8.52. The molecule has 7 heteroatoms. The maximum absolute atomic E-state index is 12.3. The second-order valence-corrected chi connectivity index (χ2v) is 8.14. The summed E-state index contributed by atoms with van der Waals surface area (Å²) in [6, 6.07) is 5.16. The Balaban J connectivity index is 1.78. The zero-order valence-electron chi connectivity index (χ0n) is 16.9. The van der Waals surface area contributed by atoms with Gasteiger partial charge >= 0.3 is 6.03 Å². The Morgan fingerprint density at radius 1 is 1.04 bits per heavy atom. The van der Waals surface area contributed by atoms with Gasteiger partial charge in [-0.05, 0) is 25.5 Å². The molecule has 0 atom stereocenters. The average Bonchev–Trinajstić information content (AvgIpc) is 2.56. The van der Waals surface area contributed by atoms with Gasteiger partial charge in [0.05, 0.1) is 6.54 Å². The molecule has 2 N–H and O–H groups in total. The topological polar surface area (TPSA) is 81.8 Å². The summed E-state index contributed by atoms with van der Waals surface area (Å²) in [4.78, 5) is 40.2. The Kier molecular flexibility index (Phi) is 6.59. The van der Waals surface area contributed by atoms with Gasteiger partial charge in [-0.25, -0.2) is 4.79 Å². The summed E-state index contributed by atoms with van der Waals surface area (Å²) >= 11 is 0. The van der Waals surface area contributed by atoms with Crippen LogP contribution < -0.4 is 10.6 Å². The molecular formula is C20H30N4O3. The van der Waals surface area contributed by atoms with Gasteiger partial charge in [0, 0.05) is 37.3 Å². The molecule has 1 saturated heterocycles. The molecule has 1 aliphatic heterocycles. The predicted octanol–water partition coefficient (Wildman–Crippen LogP) is 2.14. The smallest absolute Gasteiger partial charge is 0.325 e. The molecule has 4 amide bonds. The highest BCUT2D eigenvalue weighted by molar-refractivity contribution is 6.02. The fourth-order valence-corrected chi connectivity index (χ4v) is 3.06. The van der Waals surface area contributed by atoms with E-state index in [4.69, 9.17) is 0 Å². The van der Waals surface area contributed by atoms with Crippen molar-refractivity contribution >= 4 is 23.5 Å². The molecule has 0 aliphatic carbocycles. The highest BCUT2D eigenvalue weighted by Crippen LogP contribution is 2.18. The zero-order valence-corrected chi connectivity index (χ0v) is 16.9. The fourth-order valence-electron chi connectivity index (χ4n) is 3.06. The highest BCUT2D eigenvalue weighted by Gasteiger charge is 2.30. The molecule has 7 nitrogen and oxygen atoms in total. The van der Waals surface area contributed by atoms with Crippen molar-refractivity contribution < 1.29 is 14.4 Å². The molecule has 0 spiro atoms. The van der Waals surface area contributed by atoms with E-state index in [9.17, 15) is 14.4 Å². The lowest BCUT2D eigenvalue weighted by molar-refractivity contribution is -0.141. The number of aryl methyl sites for hydroxylation is 2. The van der Waals surface area contributed by atoms with Crippen molar-refractivity contribution in [1.29, 1.82) is 0 Å². The minimum absolute atomic E-state index is 0.124. The van der Waals surface area contributed by atoms with Crippen LogP contribution >= 0.6 is 0 Å². The third kappa shape index (κ3) is 6.06. The first-order chi connectivity index (χ1) is 12.6. The van der Waals surface area contributed by atoms with Crippen molar-refractivity contribution in [3.05, 3.63) is 29.3 Å². The number of urea groups is 1. The second-order valence-electron chi connectivity index (χ2n) is 8.14. The molecule has 0 aromatic heterocycles. The van der Waals surface area contributed by atoms with Gasteiger partial charge in [0.15, 0.2) is 0 Å². The maximum atomic E-state index is 12.3. The van der Waals surface area contributed by atoms with E-state index in [1.54, 1.807) is 0 Å². The zero-order chi connectivity index (χ0) is 20.2. The number of benzene rings is 1. The monoisotopic (exact) mass is 374 g/mol. The first-order valence-corrected chi connectivity index (χ1v) is 9.26. The lowest BCUT2D eigenvalue weighted by atomic mass is 9.94. The number of piperazine rings is 1. The summed E-state index contributed by atoms with van der Waals surface area (Å²) in [5, 5.41) is 5.07. The summed E-state index contributed by atoms with van der Waals surface area (Å²) < 4.78 is 0. The van der Waals surface area contributed by atoms with Crippen LogP contribution in [0.1, 0.15) is 31.9 Å². The van der Waals surface area contributed by atoms with Crippen LogP contribution in [0.5, 0.6) is 0 Å². The summed E-state index contributed by atoms with van der Waals surface area (Å²) in [5.41, 5.74) is 2.34. The molecule has 1 aromatic rings. The molecule has 148 valence electrons. The van der Waals surface area contributed by atoms with E-state index in [2.05, 4.69) is 10.6 Å². The Morgan fingerprint density at radius 3 is 2.22 bits per heavy atom. The summed E-state index contributed by atoms with van der Waals surface area (Å²) in [5.74, 6) is -0.229. The van der Waals surface area contributed by atoms with Crippen molar-refractivity contribution in [2.45, 2.75) is 34.6 Å². The number of carbonyl (C=O) groups is 3. The van der Waals surface area contributed by atoms with Crippen molar-refractivity contribution in [3.8, 4) is 0 Å². The van der Waals surface area contributed by atoms with E-state index in [1.807, 2.05) is 62.6 Å². The van der Waals surface area contributed by atoms with Crippen LogP contribution in [-0.4, -0.2) is 60.4 Å². The predicted molar refractivity (Wildman–Crippen MR) is 106 cm³/mol. The van der Waals surface area contributed by atoms with Gasteiger partial charge in [-0.3, -0.25) is 19.8 Å². The fraction of sp³-hybridized carbons (Fsp3) is 0.550. The third-order valence-corrected chi connectivity index (χ3v) is 4.55. The van der Waals surface area contributed by atoms with Crippen LogP contribution in [0, 0.1) is 19.3 Å². The molecule has 0 bridgehead atoms. The van der Waals surface area contributed by atoms with Gasteiger partial charge in [0.1, 0.15) is 0 Å². The van der Waals surface area contributed by atoms with E-state index >= 15 is 0 Å². The van der Waals surface area contributed by atoms with Gasteiger partial charge in [-0.1, -0.05) is 38.5 Å². The average molecular weight is 374 g/mol. The Morgan fingerprint density at radius 2 is 1.67 bits per heavy atom. The van der Waals surface area contributed by atoms with Crippen LogP contribution in [0.3, 0.4) is 0 Å². The quantitative estimate of drug-likeness (QED) is 0.849. The lowest BCUT2D eigenvalue weighted by Gasteiger charge is -2.37. The number of amides is 4. The van der Waals surface area contributed by atoms with Gasteiger partial charge in [0.25, 0.3) is 0 Å². The number of anilines is 1. The molecule has 1 aromatic carbocycles. The van der Waals surface area contributed by atoms with Crippen molar-refractivity contribution in [1.82, 2.24) is 15.1 Å². The number of carbonyl (C=O) groups excluding carboxylic acids is 3. The minimum atomic E-state index is -0.534. The Hall–Kier alpha value is -2.41. The van der Waals surface area contributed by atoms with E-state index in [0.29, 0.717) is 31.9 Å². The molecule has 0 radical (unpaired) electrons. The van der Waals surface area contributed by atoms with Crippen molar-refractivity contribution in [3.63, 3.8) is 0 Å². The van der Waals surface area contributed by atoms with E-state index in [1.165, 1.54) is 0 Å². The largest absolute Gasteiger partial charge is 0.340 e. The molecule has 1 fully saturated rings. The normalized spacial score (nSPS) is 15.4. The maximum Gasteiger partial charge on any atom is 0.325 e. The number of hydrogen-bond donors (Lipinski definition) is 2. The van der Waals surface area contributed by atoms with E-state index in [0.717, 1.165) is 11.1 Å². The lowest BCUT2D eigenvalue weighted by Crippen LogP contribution is -2.53. The number of hydrogen-bond acceptors (Lipinski definition) is 4. The molecule has 0 saturated carbocycles. The standard InChI is InChI=1S/C20H30N4O3/c1-14-6-7-16(15(2)12-14)21-19(27)22-17(25)13-23-8-10-24(11-9-23)18(26)20(3,4)5/h6-7,12H,8-11,13H2,1-5H3,(H2,21,22,25,27). The number of nitrogens with one attached hydrogen (secondary N) is 2. The number of imide groups is 1. The third-order valence-electron chi connectivity index (χ3n) is 4.55. The minimum Gasteiger partial charge on any atom is -0.340 e. The molecular weight excluding hydrogens is 344 g/mol. The number of rotatable bonds is 3. The molecule has 1 heterocycles. The van der Waals surface area contributed by atoms with E-state index in [-0.39, 0.29) is 18.4 Å². The summed E-state index contributed by atoms with van der Waals surface area (Å²) in [6.45, 7) is 12.2.